The lowest BCUT2D eigenvalue weighted by Gasteiger charge is -2.11. The Balaban J connectivity index is 2.43. The van der Waals surface area contributed by atoms with Crippen molar-refractivity contribution in [3.8, 4) is 5.69 Å². The zero-order valence-corrected chi connectivity index (χ0v) is 11.3. The van der Waals surface area contributed by atoms with E-state index >= 15 is 0 Å². The molecule has 0 bridgehead atoms. The van der Waals surface area contributed by atoms with Crippen molar-refractivity contribution in [2.75, 3.05) is 0 Å². The Morgan fingerprint density at radius 3 is 2.80 bits per heavy atom. The molecule has 0 atom stereocenters. The van der Waals surface area contributed by atoms with Gasteiger partial charge in [-0.25, -0.2) is 18.7 Å². The SMILES string of the molecule is Cc1ccc(F)c(-n2c(CCl)nc3cccnc32)c1F. The number of halogens is 3. The molecule has 0 unspecified atom stereocenters. The number of benzene rings is 1. The van der Waals surface area contributed by atoms with Crippen LogP contribution in [-0.4, -0.2) is 14.5 Å². The second-order valence-electron chi connectivity index (χ2n) is 4.37. The fourth-order valence-corrected chi connectivity index (χ4v) is 2.31. The highest BCUT2D eigenvalue weighted by atomic mass is 35.5. The summed E-state index contributed by atoms with van der Waals surface area (Å²) in [6, 6.07) is 6.04. The van der Waals surface area contributed by atoms with Gasteiger partial charge in [0.1, 0.15) is 22.8 Å². The average molecular weight is 294 g/mol. The lowest BCUT2D eigenvalue weighted by Crippen LogP contribution is -2.07. The topological polar surface area (TPSA) is 30.7 Å². The molecule has 0 fully saturated rings. The molecule has 3 nitrogen and oxygen atoms in total. The predicted molar refractivity (Wildman–Crippen MR) is 73.1 cm³/mol. The quantitative estimate of drug-likeness (QED) is 0.674. The minimum absolute atomic E-state index is 0.0309. The molecule has 0 aliphatic carbocycles. The Morgan fingerprint density at radius 1 is 1.25 bits per heavy atom. The van der Waals surface area contributed by atoms with E-state index in [9.17, 15) is 8.78 Å². The molecule has 0 saturated carbocycles. The molecular weight excluding hydrogens is 284 g/mol. The maximum atomic E-state index is 14.3. The van der Waals surface area contributed by atoms with E-state index in [2.05, 4.69) is 9.97 Å². The van der Waals surface area contributed by atoms with Gasteiger partial charge in [0, 0.05) is 6.20 Å². The van der Waals surface area contributed by atoms with Gasteiger partial charge in [-0.2, -0.15) is 0 Å². The molecule has 102 valence electrons. The number of pyridine rings is 1. The molecule has 6 heteroatoms. The zero-order valence-electron chi connectivity index (χ0n) is 10.6. The van der Waals surface area contributed by atoms with Crippen LogP contribution in [0.5, 0.6) is 0 Å². The average Bonchev–Trinajstić information content (AvgIpc) is 2.82. The third-order valence-electron chi connectivity index (χ3n) is 3.09. The standard InChI is InChI=1S/C14H10ClF2N3/c1-8-4-5-9(16)13(12(8)17)20-11(7-15)19-10-3-2-6-18-14(10)20/h2-6H,7H2,1H3. The molecule has 0 amide bonds. The van der Waals surface area contributed by atoms with Crippen molar-refractivity contribution in [3.05, 3.63) is 53.5 Å². The van der Waals surface area contributed by atoms with Gasteiger partial charge in [-0.05, 0) is 30.7 Å². The Kier molecular flexibility index (Phi) is 3.14. The highest BCUT2D eigenvalue weighted by molar-refractivity contribution is 6.16. The van der Waals surface area contributed by atoms with Gasteiger partial charge in [0.2, 0.25) is 0 Å². The molecule has 0 N–H and O–H groups in total. The van der Waals surface area contributed by atoms with Crippen LogP contribution in [0.25, 0.3) is 16.9 Å². The number of aryl methyl sites for hydroxylation is 1. The van der Waals surface area contributed by atoms with Crippen molar-refractivity contribution in [2.24, 2.45) is 0 Å². The predicted octanol–water partition coefficient (Wildman–Crippen LogP) is 3.75. The van der Waals surface area contributed by atoms with E-state index in [-0.39, 0.29) is 11.6 Å². The molecule has 3 aromatic rings. The summed E-state index contributed by atoms with van der Waals surface area (Å²) in [5, 5.41) is 0. The van der Waals surface area contributed by atoms with Gasteiger partial charge in [-0.15, -0.1) is 11.6 Å². The van der Waals surface area contributed by atoms with E-state index in [0.29, 0.717) is 22.6 Å². The number of fused-ring (bicyclic) bond motifs is 1. The van der Waals surface area contributed by atoms with Crippen molar-refractivity contribution in [1.82, 2.24) is 14.5 Å². The second-order valence-corrected chi connectivity index (χ2v) is 4.64. The van der Waals surface area contributed by atoms with E-state index in [1.54, 1.807) is 25.3 Å². The molecule has 0 radical (unpaired) electrons. The van der Waals surface area contributed by atoms with E-state index in [0.717, 1.165) is 0 Å². The molecule has 1 aromatic carbocycles. The number of alkyl halides is 1. The molecule has 0 aliphatic rings. The third-order valence-corrected chi connectivity index (χ3v) is 3.33. The highest BCUT2D eigenvalue weighted by Gasteiger charge is 2.20. The first kappa shape index (κ1) is 13.0. The van der Waals surface area contributed by atoms with E-state index in [1.807, 2.05) is 0 Å². The zero-order chi connectivity index (χ0) is 14.3. The number of hydrogen-bond acceptors (Lipinski definition) is 2. The fraction of sp³-hybridized carbons (Fsp3) is 0.143. The summed E-state index contributed by atoms with van der Waals surface area (Å²) in [5.41, 5.74) is 1.08. The minimum atomic E-state index is -0.676. The van der Waals surface area contributed by atoms with Crippen LogP contribution >= 0.6 is 11.6 Å². The monoisotopic (exact) mass is 293 g/mol. The summed E-state index contributed by atoms with van der Waals surface area (Å²) in [7, 11) is 0. The van der Waals surface area contributed by atoms with Crippen molar-refractivity contribution in [3.63, 3.8) is 0 Å². The van der Waals surface area contributed by atoms with Crippen LogP contribution in [-0.2, 0) is 5.88 Å². The first-order valence-electron chi connectivity index (χ1n) is 5.96. The van der Waals surface area contributed by atoms with E-state index < -0.39 is 11.6 Å². The molecule has 3 rings (SSSR count). The summed E-state index contributed by atoms with van der Waals surface area (Å²) >= 11 is 5.84. The normalized spacial score (nSPS) is 11.2. The van der Waals surface area contributed by atoms with Gasteiger partial charge in [0.15, 0.2) is 11.5 Å². The largest absolute Gasteiger partial charge is 0.274 e. The van der Waals surface area contributed by atoms with E-state index in [1.165, 1.54) is 16.7 Å². The van der Waals surface area contributed by atoms with Gasteiger partial charge in [-0.3, -0.25) is 4.57 Å². The number of aromatic nitrogens is 3. The van der Waals surface area contributed by atoms with Crippen LogP contribution in [0.1, 0.15) is 11.4 Å². The molecule has 2 aromatic heterocycles. The van der Waals surface area contributed by atoms with Crippen molar-refractivity contribution >= 4 is 22.8 Å². The molecular formula is C14H10ClF2N3. The lowest BCUT2D eigenvalue weighted by atomic mass is 10.2. The minimum Gasteiger partial charge on any atom is -0.274 e. The summed E-state index contributed by atoms with van der Waals surface area (Å²) in [4.78, 5) is 8.40. The van der Waals surface area contributed by atoms with Crippen LogP contribution in [0.3, 0.4) is 0 Å². The summed E-state index contributed by atoms with van der Waals surface area (Å²) < 4.78 is 29.7. The van der Waals surface area contributed by atoms with Gasteiger partial charge >= 0.3 is 0 Å². The molecule has 20 heavy (non-hydrogen) atoms. The van der Waals surface area contributed by atoms with Gasteiger partial charge in [-0.1, -0.05) is 6.07 Å². The number of hydrogen-bond donors (Lipinski definition) is 0. The maximum absolute atomic E-state index is 14.3. The second kappa shape index (κ2) is 4.83. The molecule has 0 saturated heterocycles. The van der Waals surface area contributed by atoms with Crippen LogP contribution in [0.4, 0.5) is 8.78 Å². The number of imidazole rings is 1. The van der Waals surface area contributed by atoms with Crippen molar-refractivity contribution in [1.29, 1.82) is 0 Å². The molecule has 2 heterocycles. The molecule has 0 spiro atoms. The number of rotatable bonds is 2. The van der Waals surface area contributed by atoms with Gasteiger partial charge in [0.25, 0.3) is 0 Å². The smallest absolute Gasteiger partial charge is 0.164 e. The van der Waals surface area contributed by atoms with Gasteiger partial charge < -0.3 is 0 Å². The third kappa shape index (κ3) is 1.86. The fourth-order valence-electron chi connectivity index (χ4n) is 2.13. The van der Waals surface area contributed by atoms with Crippen LogP contribution in [0.2, 0.25) is 0 Å². The first-order chi connectivity index (χ1) is 9.63. The van der Waals surface area contributed by atoms with Crippen LogP contribution < -0.4 is 0 Å². The molecule has 0 aliphatic heterocycles. The lowest BCUT2D eigenvalue weighted by molar-refractivity contribution is 0.563. The Hall–Kier alpha value is -2.01. The van der Waals surface area contributed by atoms with Crippen LogP contribution in [0.15, 0.2) is 30.5 Å². The van der Waals surface area contributed by atoms with Gasteiger partial charge in [0.05, 0.1) is 5.88 Å². The maximum Gasteiger partial charge on any atom is 0.164 e. The Bertz CT molecular complexity index is 798. The summed E-state index contributed by atoms with van der Waals surface area (Å²) in [6.45, 7) is 1.57. The highest BCUT2D eigenvalue weighted by Crippen LogP contribution is 2.26. The van der Waals surface area contributed by atoms with Crippen molar-refractivity contribution < 1.29 is 8.78 Å². The Labute approximate surface area is 118 Å². The summed E-state index contributed by atoms with van der Waals surface area (Å²) in [6.07, 6.45) is 1.55. The summed E-state index contributed by atoms with van der Waals surface area (Å²) in [5.74, 6) is -0.932. The van der Waals surface area contributed by atoms with Crippen molar-refractivity contribution in [2.45, 2.75) is 12.8 Å². The first-order valence-corrected chi connectivity index (χ1v) is 6.50. The number of nitrogens with zero attached hydrogens (tertiary/aromatic N) is 3. The Morgan fingerprint density at radius 2 is 2.05 bits per heavy atom. The van der Waals surface area contributed by atoms with E-state index in [4.69, 9.17) is 11.6 Å². The van der Waals surface area contributed by atoms with Crippen LogP contribution in [0, 0.1) is 18.6 Å².